The minimum atomic E-state index is -0.0814. The van der Waals surface area contributed by atoms with Crippen molar-refractivity contribution in [1.29, 1.82) is 0 Å². The topological polar surface area (TPSA) is 62.2 Å². The number of amides is 1. The van der Waals surface area contributed by atoms with Gasteiger partial charge in [0, 0.05) is 11.6 Å². The number of benzene rings is 1. The molecular weight excluding hydrogens is 216 g/mol. The number of carbonyl (C=O) groups excluding carboxylic acids is 1. The van der Waals surface area contributed by atoms with Crippen molar-refractivity contribution in [3.63, 3.8) is 0 Å². The fraction of sp³-hybridized carbons (Fsp3) is 0. The number of carbonyl (C=O) groups is 1. The lowest BCUT2D eigenvalue weighted by molar-refractivity contribution is -0.105. The van der Waals surface area contributed by atoms with Crippen LogP contribution in [0, 0.1) is 0 Å². The van der Waals surface area contributed by atoms with Crippen LogP contribution in [0.1, 0.15) is 0 Å². The van der Waals surface area contributed by atoms with E-state index in [-0.39, 0.29) is 11.4 Å². The molecule has 0 atom stereocenters. The minimum absolute atomic E-state index is 0.0814. The number of phenolic OH excluding ortho intramolecular Hbond substituents is 1. The van der Waals surface area contributed by atoms with Crippen molar-refractivity contribution < 1.29 is 9.90 Å². The number of aromatic nitrogens is 1. The van der Waals surface area contributed by atoms with Gasteiger partial charge in [-0.2, -0.15) is 0 Å². The molecule has 1 aromatic heterocycles. The summed E-state index contributed by atoms with van der Waals surface area (Å²) < 4.78 is 0. The quantitative estimate of drug-likeness (QED) is 0.605. The van der Waals surface area contributed by atoms with Crippen LogP contribution < -0.4 is 5.32 Å². The SMILES string of the molecule is O=CNc1cc(Cl)c2cccnc2c1O. The van der Waals surface area contributed by atoms with Gasteiger partial charge in [0.25, 0.3) is 0 Å². The van der Waals surface area contributed by atoms with Gasteiger partial charge in [-0.3, -0.25) is 9.78 Å². The lowest BCUT2D eigenvalue weighted by Gasteiger charge is -2.07. The molecule has 5 heteroatoms. The van der Waals surface area contributed by atoms with Crippen LogP contribution in [0.25, 0.3) is 10.9 Å². The zero-order valence-electron chi connectivity index (χ0n) is 7.57. The van der Waals surface area contributed by atoms with Crippen LogP contribution in [0.5, 0.6) is 5.75 Å². The molecule has 4 nitrogen and oxygen atoms in total. The number of aromatic hydroxyl groups is 1. The number of phenols is 1. The molecule has 1 aromatic carbocycles. The first-order valence-electron chi connectivity index (χ1n) is 4.20. The van der Waals surface area contributed by atoms with E-state index in [9.17, 15) is 9.90 Å². The molecule has 0 fully saturated rings. The van der Waals surface area contributed by atoms with Crippen molar-refractivity contribution in [2.24, 2.45) is 0 Å². The van der Waals surface area contributed by atoms with Gasteiger partial charge < -0.3 is 10.4 Å². The largest absolute Gasteiger partial charge is 0.504 e. The molecule has 2 rings (SSSR count). The van der Waals surface area contributed by atoms with Gasteiger partial charge in [0.2, 0.25) is 6.41 Å². The van der Waals surface area contributed by atoms with Crippen LogP contribution in [-0.4, -0.2) is 16.5 Å². The summed E-state index contributed by atoms with van der Waals surface area (Å²) >= 11 is 5.96. The van der Waals surface area contributed by atoms with Crippen LogP contribution in [0.15, 0.2) is 24.4 Å². The maximum absolute atomic E-state index is 10.3. The number of nitrogens with one attached hydrogen (secondary N) is 1. The van der Waals surface area contributed by atoms with Crippen molar-refractivity contribution in [2.75, 3.05) is 5.32 Å². The molecule has 76 valence electrons. The highest BCUT2D eigenvalue weighted by Gasteiger charge is 2.10. The average Bonchev–Trinajstić information content (AvgIpc) is 2.26. The molecule has 15 heavy (non-hydrogen) atoms. The summed E-state index contributed by atoms with van der Waals surface area (Å²) in [6.45, 7) is 0. The molecule has 0 aliphatic heterocycles. The highest BCUT2D eigenvalue weighted by Crippen LogP contribution is 2.35. The second kappa shape index (κ2) is 3.74. The van der Waals surface area contributed by atoms with E-state index in [1.165, 1.54) is 6.07 Å². The molecule has 2 aromatic rings. The molecule has 0 radical (unpaired) electrons. The summed E-state index contributed by atoms with van der Waals surface area (Å²) in [5.74, 6) is -0.0814. The van der Waals surface area contributed by atoms with E-state index in [2.05, 4.69) is 10.3 Å². The average molecular weight is 223 g/mol. The Morgan fingerprint density at radius 2 is 2.33 bits per heavy atom. The molecule has 0 aliphatic carbocycles. The standard InChI is InChI=1S/C10H7ClN2O2/c11-7-4-8(13-5-14)10(15)9-6(7)2-1-3-12-9/h1-5,15H,(H,13,14). The third-order valence-electron chi connectivity index (χ3n) is 2.03. The molecular formula is C10H7ClN2O2. The second-order valence-electron chi connectivity index (χ2n) is 2.92. The molecule has 2 N–H and O–H groups in total. The highest BCUT2D eigenvalue weighted by atomic mass is 35.5. The Kier molecular flexibility index (Phi) is 2.43. The predicted octanol–water partition coefficient (Wildman–Crippen LogP) is 2.16. The number of halogens is 1. The highest BCUT2D eigenvalue weighted by molar-refractivity contribution is 6.36. The number of anilines is 1. The maximum atomic E-state index is 10.3. The third-order valence-corrected chi connectivity index (χ3v) is 2.34. The minimum Gasteiger partial charge on any atom is -0.504 e. The number of hydrogen-bond donors (Lipinski definition) is 2. The van der Waals surface area contributed by atoms with E-state index >= 15 is 0 Å². The van der Waals surface area contributed by atoms with Gasteiger partial charge in [0.15, 0.2) is 5.75 Å². The Bertz CT molecular complexity index is 528. The number of nitrogens with zero attached hydrogens (tertiary/aromatic N) is 1. The zero-order chi connectivity index (χ0) is 10.8. The summed E-state index contributed by atoms with van der Waals surface area (Å²) in [4.78, 5) is 14.3. The monoisotopic (exact) mass is 222 g/mol. The second-order valence-corrected chi connectivity index (χ2v) is 3.32. The normalized spacial score (nSPS) is 10.2. The molecule has 0 saturated carbocycles. The maximum Gasteiger partial charge on any atom is 0.211 e. The summed E-state index contributed by atoms with van der Waals surface area (Å²) in [5, 5.41) is 13.2. The van der Waals surface area contributed by atoms with Crippen LogP contribution in [0.3, 0.4) is 0 Å². The van der Waals surface area contributed by atoms with Crippen molar-refractivity contribution >= 4 is 34.6 Å². The number of rotatable bonds is 2. The van der Waals surface area contributed by atoms with E-state index in [0.717, 1.165) is 0 Å². The Labute approximate surface area is 90.5 Å². The van der Waals surface area contributed by atoms with Crippen molar-refractivity contribution in [2.45, 2.75) is 0 Å². The third kappa shape index (κ3) is 1.59. The van der Waals surface area contributed by atoms with Gasteiger partial charge in [0.05, 0.1) is 10.7 Å². The van der Waals surface area contributed by atoms with Gasteiger partial charge in [-0.25, -0.2) is 0 Å². The van der Waals surface area contributed by atoms with Crippen LogP contribution >= 0.6 is 11.6 Å². The summed E-state index contributed by atoms with van der Waals surface area (Å²) in [6, 6.07) is 4.95. The zero-order valence-corrected chi connectivity index (χ0v) is 8.32. The molecule has 0 aliphatic rings. The first kappa shape index (κ1) is 9.73. The van der Waals surface area contributed by atoms with Crippen molar-refractivity contribution in [3.05, 3.63) is 29.4 Å². The van der Waals surface area contributed by atoms with E-state index in [0.29, 0.717) is 22.3 Å². The molecule has 0 spiro atoms. The summed E-state index contributed by atoms with van der Waals surface area (Å²) in [5.41, 5.74) is 0.621. The summed E-state index contributed by atoms with van der Waals surface area (Å²) in [7, 11) is 0. The number of pyridine rings is 1. The van der Waals surface area contributed by atoms with E-state index in [4.69, 9.17) is 11.6 Å². The van der Waals surface area contributed by atoms with Gasteiger partial charge in [-0.15, -0.1) is 0 Å². The Balaban J connectivity index is 2.78. The molecule has 0 bridgehead atoms. The smallest absolute Gasteiger partial charge is 0.211 e. The molecule has 1 amide bonds. The molecule has 0 saturated heterocycles. The number of hydrogen-bond acceptors (Lipinski definition) is 3. The predicted molar refractivity (Wildman–Crippen MR) is 58.1 cm³/mol. The van der Waals surface area contributed by atoms with Crippen LogP contribution in [0.2, 0.25) is 5.02 Å². The van der Waals surface area contributed by atoms with Crippen LogP contribution in [0.4, 0.5) is 5.69 Å². The summed E-state index contributed by atoms with van der Waals surface area (Å²) in [6.07, 6.45) is 2.02. The Hall–Kier alpha value is -1.81. The lowest BCUT2D eigenvalue weighted by Crippen LogP contribution is -1.95. The number of fused-ring (bicyclic) bond motifs is 1. The van der Waals surface area contributed by atoms with Gasteiger partial charge in [-0.1, -0.05) is 11.6 Å². The molecule has 1 heterocycles. The van der Waals surface area contributed by atoms with E-state index < -0.39 is 0 Å². The fourth-order valence-electron chi connectivity index (χ4n) is 1.36. The first-order valence-corrected chi connectivity index (χ1v) is 4.58. The van der Waals surface area contributed by atoms with E-state index in [1.807, 2.05) is 0 Å². The first-order chi connectivity index (χ1) is 7.24. The molecule has 0 unspecified atom stereocenters. The van der Waals surface area contributed by atoms with Gasteiger partial charge >= 0.3 is 0 Å². The Morgan fingerprint density at radius 1 is 1.53 bits per heavy atom. The lowest BCUT2D eigenvalue weighted by atomic mass is 10.2. The van der Waals surface area contributed by atoms with Crippen molar-refractivity contribution in [3.8, 4) is 5.75 Å². The van der Waals surface area contributed by atoms with Gasteiger partial charge in [0.1, 0.15) is 5.52 Å². The Morgan fingerprint density at radius 3 is 3.07 bits per heavy atom. The van der Waals surface area contributed by atoms with E-state index in [1.54, 1.807) is 18.3 Å². The van der Waals surface area contributed by atoms with Crippen LogP contribution in [-0.2, 0) is 4.79 Å². The van der Waals surface area contributed by atoms with Crippen molar-refractivity contribution in [1.82, 2.24) is 4.98 Å². The van der Waals surface area contributed by atoms with Gasteiger partial charge in [-0.05, 0) is 18.2 Å². The fourth-order valence-corrected chi connectivity index (χ4v) is 1.62.